The number of benzene rings is 1. The van der Waals surface area contributed by atoms with Gasteiger partial charge in [0, 0.05) is 56.1 Å². The average Bonchev–Trinajstić information content (AvgIpc) is 2.63. The predicted octanol–water partition coefficient (Wildman–Crippen LogP) is 3.61. The molecule has 1 aromatic heterocycles. The Hall–Kier alpha value is -1.48. The molecule has 2 rings (SSSR count). The third kappa shape index (κ3) is 7.41. The van der Waals surface area contributed by atoms with Crippen molar-refractivity contribution in [1.82, 2.24) is 15.6 Å². The van der Waals surface area contributed by atoms with Gasteiger partial charge in [-0.25, -0.2) is 4.98 Å². The van der Waals surface area contributed by atoms with Gasteiger partial charge in [0.2, 0.25) is 0 Å². The van der Waals surface area contributed by atoms with E-state index in [1.54, 1.807) is 7.05 Å². The van der Waals surface area contributed by atoms with Gasteiger partial charge in [0.15, 0.2) is 5.96 Å². The molecule has 0 bridgehead atoms. The van der Waals surface area contributed by atoms with Gasteiger partial charge in [-0.1, -0.05) is 31.2 Å². The van der Waals surface area contributed by atoms with Crippen molar-refractivity contribution >= 4 is 47.5 Å². The molecule has 0 amide bonds. The van der Waals surface area contributed by atoms with Crippen molar-refractivity contribution in [3.05, 3.63) is 54.2 Å². The highest BCUT2D eigenvalue weighted by Crippen LogP contribution is 2.21. The molecular formula is C19H28IN5S. The maximum Gasteiger partial charge on any atom is 0.191 e. The first kappa shape index (κ1) is 22.6. The Balaban J connectivity index is 0.00000338. The van der Waals surface area contributed by atoms with Crippen LogP contribution in [-0.2, 0) is 6.54 Å². The van der Waals surface area contributed by atoms with Crippen molar-refractivity contribution in [2.24, 2.45) is 4.99 Å². The topological polar surface area (TPSA) is 52.6 Å². The number of nitrogens with zero attached hydrogens (tertiary/aromatic N) is 3. The van der Waals surface area contributed by atoms with Crippen molar-refractivity contribution in [3.63, 3.8) is 0 Å². The quantitative estimate of drug-likeness (QED) is 0.272. The molecule has 1 unspecified atom stereocenters. The molecule has 7 heteroatoms. The van der Waals surface area contributed by atoms with Crippen LogP contribution in [-0.4, -0.2) is 43.9 Å². The van der Waals surface area contributed by atoms with Crippen molar-refractivity contribution in [2.75, 3.05) is 32.6 Å². The summed E-state index contributed by atoms with van der Waals surface area (Å²) in [6.45, 7) is 3.73. The van der Waals surface area contributed by atoms with Crippen LogP contribution in [0, 0.1) is 0 Å². The van der Waals surface area contributed by atoms with Crippen LogP contribution in [0.15, 0.2) is 58.5 Å². The van der Waals surface area contributed by atoms with E-state index < -0.39 is 0 Å². The fourth-order valence-electron chi connectivity index (χ4n) is 2.38. The summed E-state index contributed by atoms with van der Waals surface area (Å²) in [5, 5.41) is 7.20. The summed E-state index contributed by atoms with van der Waals surface area (Å²) in [6.07, 6.45) is 1.81. The van der Waals surface area contributed by atoms with Crippen molar-refractivity contribution < 1.29 is 0 Å². The average molecular weight is 485 g/mol. The van der Waals surface area contributed by atoms with Crippen LogP contribution in [0.2, 0.25) is 0 Å². The highest BCUT2D eigenvalue weighted by Gasteiger charge is 2.08. The van der Waals surface area contributed by atoms with Crippen molar-refractivity contribution in [1.29, 1.82) is 0 Å². The molecule has 142 valence electrons. The van der Waals surface area contributed by atoms with Crippen molar-refractivity contribution in [2.45, 2.75) is 23.6 Å². The minimum atomic E-state index is 0. The Morgan fingerprint density at radius 1 is 1.15 bits per heavy atom. The molecule has 0 saturated heterocycles. The van der Waals surface area contributed by atoms with Gasteiger partial charge in [-0.05, 0) is 18.2 Å². The first-order chi connectivity index (χ1) is 12.1. The van der Waals surface area contributed by atoms with E-state index >= 15 is 0 Å². The molecule has 1 heterocycles. The summed E-state index contributed by atoms with van der Waals surface area (Å²) in [5.74, 6) is 1.77. The van der Waals surface area contributed by atoms with Gasteiger partial charge < -0.3 is 15.5 Å². The summed E-state index contributed by atoms with van der Waals surface area (Å²) in [7, 11) is 5.79. The standard InChI is InChI=1S/C19H27N5S.HI/c1-15(25-17-10-6-5-7-11-17)13-22-19(20-2)23-14-16-9-8-12-21-18(16)24(3)4;/h5-12,15H,13-14H2,1-4H3,(H2,20,22,23);1H. The predicted molar refractivity (Wildman–Crippen MR) is 124 cm³/mol. The molecule has 26 heavy (non-hydrogen) atoms. The fraction of sp³-hybridized carbons (Fsp3) is 0.368. The number of pyridine rings is 1. The van der Waals surface area contributed by atoms with Gasteiger partial charge in [0.1, 0.15) is 5.82 Å². The van der Waals surface area contributed by atoms with Crippen LogP contribution in [0.4, 0.5) is 5.82 Å². The second-order valence-corrected chi connectivity index (χ2v) is 7.44. The van der Waals surface area contributed by atoms with Gasteiger partial charge in [-0.3, -0.25) is 4.99 Å². The smallest absolute Gasteiger partial charge is 0.191 e. The summed E-state index contributed by atoms with van der Waals surface area (Å²) in [5.41, 5.74) is 1.14. The van der Waals surface area contributed by atoms with Crippen LogP contribution in [0.25, 0.3) is 0 Å². The third-order valence-electron chi connectivity index (χ3n) is 3.60. The SMILES string of the molecule is CN=C(NCc1cccnc1N(C)C)NCC(C)Sc1ccccc1.I. The van der Waals surface area contributed by atoms with E-state index in [2.05, 4.69) is 57.9 Å². The van der Waals surface area contributed by atoms with Crippen LogP contribution < -0.4 is 15.5 Å². The molecule has 1 atom stereocenters. The second kappa shape index (κ2) is 12.0. The molecular weight excluding hydrogens is 457 g/mol. The number of thioether (sulfide) groups is 1. The molecule has 0 radical (unpaired) electrons. The summed E-state index contributed by atoms with van der Waals surface area (Å²) >= 11 is 1.85. The van der Waals surface area contributed by atoms with E-state index in [9.17, 15) is 0 Å². The number of halogens is 1. The Kier molecular flexibility index (Phi) is 10.4. The van der Waals surface area contributed by atoms with Gasteiger partial charge in [-0.15, -0.1) is 35.7 Å². The van der Waals surface area contributed by atoms with Crippen LogP contribution in [0.5, 0.6) is 0 Å². The van der Waals surface area contributed by atoms with E-state index in [0.29, 0.717) is 11.8 Å². The number of aromatic nitrogens is 1. The lowest BCUT2D eigenvalue weighted by atomic mass is 10.2. The molecule has 0 aliphatic rings. The van der Waals surface area contributed by atoms with Gasteiger partial charge in [0.25, 0.3) is 0 Å². The number of anilines is 1. The first-order valence-electron chi connectivity index (χ1n) is 8.37. The largest absolute Gasteiger partial charge is 0.362 e. The van der Waals surface area contributed by atoms with E-state index in [4.69, 9.17) is 0 Å². The summed E-state index contributed by atoms with van der Waals surface area (Å²) in [4.78, 5) is 12.0. The molecule has 0 fully saturated rings. The Labute approximate surface area is 178 Å². The number of rotatable bonds is 7. The van der Waals surface area contributed by atoms with E-state index in [1.807, 2.05) is 49.1 Å². The minimum absolute atomic E-state index is 0. The number of aliphatic imine (C=N–C) groups is 1. The zero-order chi connectivity index (χ0) is 18.1. The second-order valence-electron chi connectivity index (χ2n) is 5.93. The molecule has 2 N–H and O–H groups in total. The van der Waals surface area contributed by atoms with Crippen LogP contribution in [0.3, 0.4) is 0 Å². The Morgan fingerprint density at radius 3 is 2.54 bits per heavy atom. The molecule has 0 saturated carbocycles. The van der Waals surface area contributed by atoms with Gasteiger partial charge >= 0.3 is 0 Å². The van der Waals surface area contributed by atoms with Gasteiger partial charge in [-0.2, -0.15) is 0 Å². The van der Waals surface area contributed by atoms with Crippen LogP contribution in [0.1, 0.15) is 12.5 Å². The normalized spacial score (nSPS) is 12.1. The maximum atomic E-state index is 4.43. The molecule has 1 aromatic carbocycles. The molecule has 0 aliphatic carbocycles. The van der Waals surface area contributed by atoms with E-state index in [0.717, 1.165) is 23.9 Å². The number of guanidine groups is 1. The maximum absolute atomic E-state index is 4.43. The molecule has 0 spiro atoms. The minimum Gasteiger partial charge on any atom is -0.362 e. The lowest BCUT2D eigenvalue weighted by Crippen LogP contribution is -2.39. The Bertz CT molecular complexity index is 679. The number of hydrogen-bond acceptors (Lipinski definition) is 4. The monoisotopic (exact) mass is 485 g/mol. The molecule has 5 nitrogen and oxygen atoms in total. The van der Waals surface area contributed by atoms with Crippen molar-refractivity contribution in [3.8, 4) is 0 Å². The third-order valence-corrected chi connectivity index (χ3v) is 4.71. The van der Waals surface area contributed by atoms with Gasteiger partial charge in [0.05, 0.1) is 0 Å². The van der Waals surface area contributed by atoms with E-state index in [1.165, 1.54) is 4.90 Å². The molecule has 2 aromatic rings. The zero-order valence-corrected chi connectivity index (χ0v) is 18.9. The number of nitrogens with one attached hydrogen (secondary N) is 2. The van der Waals surface area contributed by atoms with Crippen LogP contribution >= 0.6 is 35.7 Å². The summed E-state index contributed by atoms with van der Waals surface area (Å²) < 4.78 is 0. The van der Waals surface area contributed by atoms with E-state index in [-0.39, 0.29) is 24.0 Å². The fourth-order valence-corrected chi connectivity index (χ4v) is 3.33. The first-order valence-corrected chi connectivity index (χ1v) is 9.25. The highest BCUT2D eigenvalue weighted by atomic mass is 127. The Morgan fingerprint density at radius 2 is 1.88 bits per heavy atom. The lowest BCUT2D eigenvalue weighted by molar-refractivity contribution is 0.787. The number of hydrogen-bond donors (Lipinski definition) is 2. The highest BCUT2D eigenvalue weighted by molar-refractivity contribution is 14.0. The lowest BCUT2D eigenvalue weighted by Gasteiger charge is -2.18. The zero-order valence-electron chi connectivity index (χ0n) is 15.8. The summed E-state index contributed by atoms with van der Waals surface area (Å²) in [6, 6.07) is 14.5. The molecule has 0 aliphatic heterocycles.